The van der Waals surface area contributed by atoms with E-state index in [1.165, 1.54) is 12.1 Å². The quantitative estimate of drug-likeness (QED) is 0.435. The Balaban J connectivity index is 1.44. The molecule has 182 valence electrons. The second kappa shape index (κ2) is 8.19. The number of aromatic nitrogens is 2. The number of primary amides is 1. The van der Waals surface area contributed by atoms with Crippen molar-refractivity contribution < 1.29 is 18.7 Å². The molecule has 7 nitrogen and oxygen atoms in total. The lowest BCUT2D eigenvalue weighted by atomic mass is 9.79. The first-order chi connectivity index (χ1) is 17.4. The third-order valence-electron chi connectivity index (χ3n) is 7.65. The van der Waals surface area contributed by atoms with Gasteiger partial charge in [-0.3, -0.25) is 9.59 Å². The molecule has 1 saturated carbocycles. The Labute approximate surface area is 207 Å². The fourth-order valence-electron chi connectivity index (χ4n) is 5.64. The third kappa shape index (κ3) is 3.44. The van der Waals surface area contributed by atoms with Gasteiger partial charge >= 0.3 is 0 Å². The summed E-state index contributed by atoms with van der Waals surface area (Å²) < 4.78 is 20.6. The Bertz CT molecular complexity index is 1490. The molecule has 0 spiro atoms. The van der Waals surface area contributed by atoms with Crippen LogP contribution in [0.15, 0.2) is 72.9 Å². The van der Waals surface area contributed by atoms with Crippen molar-refractivity contribution in [1.82, 2.24) is 9.78 Å². The van der Waals surface area contributed by atoms with Crippen molar-refractivity contribution >= 4 is 28.4 Å². The van der Waals surface area contributed by atoms with Gasteiger partial charge in [0.1, 0.15) is 11.6 Å². The van der Waals surface area contributed by atoms with E-state index in [0.717, 1.165) is 27.8 Å². The average molecular weight is 485 g/mol. The van der Waals surface area contributed by atoms with Crippen molar-refractivity contribution in [1.29, 1.82) is 0 Å². The Morgan fingerprint density at radius 1 is 1.08 bits per heavy atom. The van der Waals surface area contributed by atoms with Crippen LogP contribution in [0, 0.1) is 17.2 Å². The number of hydrogen-bond acceptors (Lipinski definition) is 4. The Morgan fingerprint density at radius 3 is 2.53 bits per heavy atom. The highest BCUT2D eigenvalue weighted by molar-refractivity contribution is 6.00. The molecule has 0 bridgehead atoms. The Kier molecular flexibility index (Phi) is 5.07. The standard InChI is InChI=1S/C28H25FN4O3/c1-36-22-4-2-3-17(14-22)26-23(28(11-12-28)27(30)35)15-25(34)32(26)21-9-10-24-18(13-21)16-31-33(24)20-7-5-19(29)6-8-20/h2-10,13-14,16,23,26H,11-12,15H2,1H3,(H2,30,35). The number of anilines is 1. The number of rotatable bonds is 6. The molecule has 2 aliphatic rings. The van der Waals surface area contributed by atoms with Gasteiger partial charge in [0, 0.05) is 23.4 Å². The number of methoxy groups -OCH3 is 1. The normalized spacial score (nSPS) is 20.6. The first-order valence-electron chi connectivity index (χ1n) is 11.9. The monoisotopic (exact) mass is 484 g/mol. The van der Waals surface area contributed by atoms with E-state index in [4.69, 9.17) is 10.5 Å². The van der Waals surface area contributed by atoms with Crippen molar-refractivity contribution in [2.24, 2.45) is 17.1 Å². The van der Waals surface area contributed by atoms with Gasteiger partial charge in [0.2, 0.25) is 11.8 Å². The Morgan fingerprint density at radius 2 is 1.83 bits per heavy atom. The fraction of sp³-hybridized carbons (Fsp3) is 0.250. The zero-order chi connectivity index (χ0) is 25.0. The molecule has 1 saturated heterocycles. The summed E-state index contributed by atoms with van der Waals surface area (Å²) >= 11 is 0. The Hall–Kier alpha value is -4.20. The van der Waals surface area contributed by atoms with Gasteiger partial charge in [-0.05, 0) is 73.0 Å². The van der Waals surface area contributed by atoms with Crippen LogP contribution >= 0.6 is 0 Å². The molecular weight excluding hydrogens is 459 g/mol. The molecule has 2 atom stereocenters. The van der Waals surface area contributed by atoms with E-state index < -0.39 is 5.41 Å². The largest absolute Gasteiger partial charge is 0.497 e. The van der Waals surface area contributed by atoms with E-state index in [1.54, 1.807) is 35.0 Å². The zero-order valence-corrected chi connectivity index (χ0v) is 19.7. The van der Waals surface area contributed by atoms with Crippen LogP contribution < -0.4 is 15.4 Å². The van der Waals surface area contributed by atoms with E-state index in [1.807, 2.05) is 42.5 Å². The molecule has 2 heterocycles. The van der Waals surface area contributed by atoms with Gasteiger partial charge in [-0.15, -0.1) is 0 Å². The molecule has 2 fully saturated rings. The van der Waals surface area contributed by atoms with Crippen molar-refractivity contribution in [2.75, 3.05) is 12.0 Å². The van der Waals surface area contributed by atoms with Crippen LogP contribution in [0.4, 0.5) is 10.1 Å². The van der Waals surface area contributed by atoms with Crippen LogP contribution in [0.3, 0.4) is 0 Å². The maximum Gasteiger partial charge on any atom is 0.227 e. The summed E-state index contributed by atoms with van der Waals surface area (Å²) in [6.07, 6.45) is 3.36. The molecule has 4 aromatic rings. The molecule has 2 amide bonds. The molecular formula is C28H25FN4O3. The summed E-state index contributed by atoms with van der Waals surface area (Å²) in [4.78, 5) is 27.8. The molecule has 0 radical (unpaired) electrons. The second-order valence-corrected chi connectivity index (χ2v) is 9.59. The lowest BCUT2D eigenvalue weighted by Gasteiger charge is -2.32. The predicted octanol–water partition coefficient (Wildman–Crippen LogP) is 4.53. The maximum absolute atomic E-state index is 13.5. The van der Waals surface area contributed by atoms with Crippen molar-refractivity contribution in [3.05, 3.63) is 84.3 Å². The molecule has 1 aromatic heterocycles. The molecule has 6 rings (SSSR count). The van der Waals surface area contributed by atoms with Crippen LogP contribution in [0.25, 0.3) is 16.6 Å². The van der Waals surface area contributed by atoms with Gasteiger partial charge in [0.05, 0.1) is 36.0 Å². The fourth-order valence-corrected chi connectivity index (χ4v) is 5.64. The van der Waals surface area contributed by atoms with Crippen LogP contribution in [-0.2, 0) is 9.59 Å². The van der Waals surface area contributed by atoms with E-state index >= 15 is 0 Å². The molecule has 36 heavy (non-hydrogen) atoms. The summed E-state index contributed by atoms with van der Waals surface area (Å²) in [5.74, 6) is -0.248. The number of carbonyl (C=O) groups excluding carboxylic acids is 2. The number of amides is 2. The van der Waals surface area contributed by atoms with Crippen molar-refractivity contribution in [3.8, 4) is 11.4 Å². The highest BCUT2D eigenvalue weighted by Gasteiger charge is 2.61. The number of halogens is 1. The van der Waals surface area contributed by atoms with Crippen LogP contribution in [0.1, 0.15) is 30.9 Å². The van der Waals surface area contributed by atoms with E-state index in [2.05, 4.69) is 5.10 Å². The third-order valence-corrected chi connectivity index (χ3v) is 7.65. The number of fused-ring (bicyclic) bond motifs is 1. The lowest BCUT2D eigenvalue weighted by molar-refractivity contribution is -0.125. The summed E-state index contributed by atoms with van der Waals surface area (Å²) in [5.41, 5.74) is 8.38. The van der Waals surface area contributed by atoms with Crippen LogP contribution in [0.2, 0.25) is 0 Å². The van der Waals surface area contributed by atoms with Crippen LogP contribution in [0.5, 0.6) is 5.75 Å². The SMILES string of the molecule is COc1cccc(C2C(C3(C(N)=O)CC3)CC(=O)N2c2ccc3c(cnn3-c3ccc(F)cc3)c2)c1. The van der Waals surface area contributed by atoms with E-state index in [0.29, 0.717) is 18.6 Å². The highest BCUT2D eigenvalue weighted by atomic mass is 19.1. The minimum Gasteiger partial charge on any atom is -0.497 e. The van der Waals surface area contributed by atoms with Gasteiger partial charge in [0.15, 0.2) is 0 Å². The van der Waals surface area contributed by atoms with Gasteiger partial charge in [0.25, 0.3) is 0 Å². The minimum atomic E-state index is -0.671. The number of benzene rings is 3. The van der Waals surface area contributed by atoms with E-state index in [-0.39, 0.29) is 36.0 Å². The highest BCUT2D eigenvalue weighted by Crippen LogP contribution is 2.61. The number of ether oxygens (including phenoxy) is 1. The van der Waals surface area contributed by atoms with Crippen molar-refractivity contribution in [3.63, 3.8) is 0 Å². The number of hydrogen-bond donors (Lipinski definition) is 1. The van der Waals surface area contributed by atoms with Gasteiger partial charge in [-0.2, -0.15) is 5.10 Å². The lowest BCUT2D eigenvalue weighted by Crippen LogP contribution is -2.36. The summed E-state index contributed by atoms with van der Waals surface area (Å²) in [6, 6.07) is 19.1. The molecule has 2 unspecified atom stereocenters. The number of carbonyl (C=O) groups is 2. The maximum atomic E-state index is 13.5. The predicted molar refractivity (Wildman–Crippen MR) is 133 cm³/mol. The first kappa shape index (κ1) is 22.3. The van der Waals surface area contributed by atoms with E-state index in [9.17, 15) is 14.0 Å². The van der Waals surface area contributed by atoms with Gasteiger partial charge < -0.3 is 15.4 Å². The molecule has 2 N–H and O–H groups in total. The zero-order valence-electron chi connectivity index (χ0n) is 19.7. The summed E-state index contributed by atoms with van der Waals surface area (Å²) in [7, 11) is 1.60. The molecule has 8 heteroatoms. The van der Waals surface area contributed by atoms with Gasteiger partial charge in [-0.25, -0.2) is 9.07 Å². The second-order valence-electron chi connectivity index (χ2n) is 9.59. The minimum absolute atomic E-state index is 0.0504. The topological polar surface area (TPSA) is 90.4 Å². The number of nitrogens with two attached hydrogens (primary N) is 1. The number of nitrogens with zero attached hydrogens (tertiary/aromatic N) is 3. The molecule has 1 aliphatic heterocycles. The molecule has 1 aliphatic carbocycles. The summed E-state index contributed by atoms with van der Waals surface area (Å²) in [6.45, 7) is 0. The summed E-state index contributed by atoms with van der Waals surface area (Å²) in [5, 5.41) is 5.32. The van der Waals surface area contributed by atoms with Gasteiger partial charge in [-0.1, -0.05) is 12.1 Å². The first-order valence-corrected chi connectivity index (χ1v) is 11.9. The molecule has 3 aromatic carbocycles. The van der Waals surface area contributed by atoms with Crippen molar-refractivity contribution in [2.45, 2.75) is 25.3 Å². The van der Waals surface area contributed by atoms with Crippen LogP contribution in [-0.4, -0.2) is 28.7 Å². The average Bonchev–Trinajstić information content (AvgIpc) is 3.48. The smallest absolute Gasteiger partial charge is 0.227 e.